The highest BCUT2D eigenvalue weighted by Gasteiger charge is 2.42. The van der Waals surface area contributed by atoms with E-state index >= 15 is 0 Å². The van der Waals surface area contributed by atoms with Crippen LogP contribution >= 0.6 is 0 Å². The summed E-state index contributed by atoms with van der Waals surface area (Å²) in [5, 5.41) is 4.79. The van der Waals surface area contributed by atoms with Crippen molar-refractivity contribution in [3.05, 3.63) is 28.7 Å². The summed E-state index contributed by atoms with van der Waals surface area (Å²) in [6, 6.07) is 1.88. The van der Waals surface area contributed by atoms with Crippen molar-refractivity contribution in [1.82, 2.24) is 19.5 Å². The van der Waals surface area contributed by atoms with E-state index < -0.39 is 23.8 Å². The number of fused-ring (bicyclic) bond motifs is 1. The number of amides is 1. The third kappa shape index (κ3) is 5.16. The SMILES string of the molecule is Cc1nc2cc([C@H]3CC[C@H](C(F)(F)F)CC3)nn2c(C2CN(C(=O)OC(C)(C)C)CCO2)c1C. The highest BCUT2D eigenvalue weighted by Crippen LogP contribution is 2.43. The fraction of sp³-hybridized carbons (Fsp3) is 0.708. The van der Waals surface area contributed by atoms with Crippen molar-refractivity contribution < 1.29 is 27.4 Å². The highest BCUT2D eigenvalue weighted by molar-refractivity contribution is 5.68. The Morgan fingerprint density at radius 1 is 1.15 bits per heavy atom. The third-order valence-electron chi connectivity index (χ3n) is 6.78. The maximum Gasteiger partial charge on any atom is 0.410 e. The van der Waals surface area contributed by atoms with Crippen molar-refractivity contribution >= 4 is 11.7 Å². The predicted molar refractivity (Wildman–Crippen MR) is 120 cm³/mol. The van der Waals surface area contributed by atoms with Crippen molar-refractivity contribution in [2.75, 3.05) is 19.7 Å². The van der Waals surface area contributed by atoms with Gasteiger partial charge in [0.1, 0.15) is 11.7 Å². The molecule has 7 nitrogen and oxygen atoms in total. The van der Waals surface area contributed by atoms with Crippen LogP contribution in [0.1, 0.15) is 81.1 Å². The Morgan fingerprint density at radius 3 is 2.44 bits per heavy atom. The molecule has 1 atom stereocenters. The molecule has 1 unspecified atom stereocenters. The van der Waals surface area contributed by atoms with Crippen LogP contribution in [0.15, 0.2) is 6.07 Å². The molecule has 4 rings (SSSR count). The average Bonchev–Trinajstić information content (AvgIpc) is 3.16. The minimum absolute atomic E-state index is 0.0284. The minimum Gasteiger partial charge on any atom is -0.444 e. The van der Waals surface area contributed by atoms with E-state index in [1.807, 2.05) is 40.7 Å². The zero-order valence-corrected chi connectivity index (χ0v) is 20.4. The molecule has 2 aliphatic rings. The summed E-state index contributed by atoms with van der Waals surface area (Å²) < 4.78 is 52.6. The quantitative estimate of drug-likeness (QED) is 0.566. The number of morpholine rings is 1. The van der Waals surface area contributed by atoms with E-state index in [9.17, 15) is 18.0 Å². The summed E-state index contributed by atoms with van der Waals surface area (Å²) in [5.74, 6) is -1.26. The average molecular weight is 483 g/mol. The summed E-state index contributed by atoms with van der Waals surface area (Å²) in [7, 11) is 0. The first-order valence-electron chi connectivity index (χ1n) is 11.9. The van der Waals surface area contributed by atoms with Crippen molar-refractivity contribution in [3.63, 3.8) is 0 Å². The number of rotatable bonds is 2. The lowest BCUT2D eigenvalue weighted by Gasteiger charge is -2.35. The molecule has 0 radical (unpaired) electrons. The first kappa shape index (κ1) is 24.8. The second-order valence-corrected chi connectivity index (χ2v) is 10.4. The molecule has 1 aliphatic heterocycles. The normalized spacial score (nSPS) is 24.5. The maximum absolute atomic E-state index is 13.1. The molecule has 1 amide bonds. The number of hydrogen-bond donors (Lipinski definition) is 0. The molecule has 3 heterocycles. The number of alkyl halides is 3. The van der Waals surface area contributed by atoms with E-state index in [2.05, 4.69) is 4.98 Å². The number of nitrogens with zero attached hydrogens (tertiary/aromatic N) is 4. The number of carbonyl (C=O) groups excluding carboxylic acids is 1. The van der Waals surface area contributed by atoms with Crippen LogP contribution < -0.4 is 0 Å². The molecule has 0 spiro atoms. The number of aryl methyl sites for hydroxylation is 1. The molecule has 2 fully saturated rings. The smallest absolute Gasteiger partial charge is 0.410 e. The van der Waals surface area contributed by atoms with Crippen LogP contribution in [0.25, 0.3) is 5.65 Å². The van der Waals surface area contributed by atoms with Crippen molar-refractivity contribution in [2.45, 2.75) is 84.1 Å². The van der Waals surface area contributed by atoms with Crippen molar-refractivity contribution in [3.8, 4) is 0 Å². The molecule has 188 valence electrons. The van der Waals surface area contributed by atoms with Crippen LogP contribution in [0.2, 0.25) is 0 Å². The lowest BCUT2D eigenvalue weighted by atomic mass is 9.80. The number of carbonyl (C=O) groups is 1. The molecule has 2 aromatic rings. The lowest BCUT2D eigenvalue weighted by Crippen LogP contribution is -2.45. The van der Waals surface area contributed by atoms with Gasteiger partial charge in [-0.3, -0.25) is 0 Å². The van der Waals surface area contributed by atoms with Crippen LogP contribution in [0, 0.1) is 19.8 Å². The van der Waals surface area contributed by atoms with Gasteiger partial charge in [0.2, 0.25) is 0 Å². The fourth-order valence-corrected chi connectivity index (χ4v) is 4.85. The van der Waals surface area contributed by atoms with Gasteiger partial charge in [0.15, 0.2) is 5.65 Å². The number of aromatic nitrogens is 3. The highest BCUT2D eigenvalue weighted by atomic mass is 19.4. The van der Waals surface area contributed by atoms with Gasteiger partial charge >= 0.3 is 12.3 Å². The minimum atomic E-state index is -4.13. The van der Waals surface area contributed by atoms with E-state index in [1.165, 1.54) is 0 Å². The van der Waals surface area contributed by atoms with Crippen LogP contribution in [-0.4, -0.2) is 57.1 Å². The van der Waals surface area contributed by atoms with Gasteiger partial charge in [0, 0.05) is 24.2 Å². The van der Waals surface area contributed by atoms with Crippen LogP contribution in [0.3, 0.4) is 0 Å². The molecule has 0 bridgehead atoms. The summed E-state index contributed by atoms with van der Waals surface area (Å²) in [6.45, 7) is 10.5. The van der Waals surface area contributed by atoms with Gasteiger partial charge in [-0.15, -0.1) is 0 Å². The molecular formula is C24H33F3N4O3. The van der Waals surface area contributed by atoms with Crippen molar-refractivity contribution in [1.29, 1.82) is 0 Å². The Morgan fingerprint density at radius 2 is 1.82 bits per heavy atom. The van der Waals surface area contributed by atoms with Gasteiger partial charge in [-0.25, -0.2) is 14.3 Å². The van der Waals surface area contributed by atoms with Crippen LogP contribution in [-0.2, 0) is 9.47 Å². The standard InChI is InChI=1S/C24H33F3N4O3/c1-14-15(2)28-20-12-18(16-6-8-17(9-7-16)24(25,26)27)29-31(20)21(14)19-13-30(10-11-33-19)22(32)34-23(3,4)5/h12,16-17,19H,6-11,13H2,1-5H3/t16-,17-,19?. The van der Waals surface area contributed by atoms with Crippen molar-refractivity contribution in [2.24, 2.45) is 5.92 Å². The topological polar surface area (TPSA) is 69.0 Å². The molecule has 0 aromatic carbocycles. The Hall–Kier alpha value is -2.36. The van der Waals surface area contributed by atoms with Gasteiger partial charge < -0.3 is 14.4 Å². The van der Waals surface area contributed by atoms with Gasteiger partial charge in [0.25, 0.3) is 0 Å². The Kier molecular flexibility index (Phi) is 6.56. The molecule has 10 heteroatoms. The van der Waals surface area contributed by atoms with E-state index in [-0.39, 0.29) is 24.9 Å². The van der Waals surface area contributed by atoms with E-state index in [1.54, 1.807) is 9.42 Å². The Balaban J connectivity index is 1.60. The zero-order chi connectivity index (χ0) is 24.8. The number of halogens is 3. The molecule has 1 aliphatic carbocycles. The van der Waals surface area contributed by atoms with Gasteiger partial charge in [-0.1, -0.05) is 0 Å². The van der Waals surface area contributed by atoms with Crippen LogP contribution in [0.5, 0.6) is 0 Å². The number of hydrogen-bond acceptors (Lipinski definition) is 5. The maximum atomic E-state index is 13.1. The van der Waals surface area contributed by atoms with Gasteiger partial charge in [-0.05, 0) is 65.9 Å². The third-order valence-corrected chi connectivity index (χ3v) is 6.78. The first-order chi connectivity index (χ1) is 15.8. The molecular weight excluding hydrogens is 449 g/mol. The molecule has 0 N–H and O–H groups in total. The number of ether oxygens (including phenoxy) is 2. The molecule has 1 saturated heterocycles. The Labute approximate surface area is 197 Å². The van der Waals surface area contributed by atoms with Gasteiger partial charge in [0.05, 0.1) is 30.5 Å². The second kappa shape index (κ2) is 9.02. The van der Waals surface area contributed by atoms with Crippen LogP contribution in [0.4, 0.5) is 18.0 Å². The first-order valence-corrected chi connectivity index (χ1v) is 11.9. The molecule has 1 saturated carbocycles. The van der Waals surface area contributed by atoms with E-state index in [0.717, 1.165) is 22.6 Å². The zero-order valence-electron chi connectivity index (χ0n) is 20.4. The summed E-state index contributed by atoms with van der Waals surface area (Å²) >= 11 is 0. The molecule has 34 heavy (non-hydrogen) atoms. The molecule has 2 aromatic heterocycles. The summed E-state index contributed by atoms with van der Waals surface area (Å²) in [6.07, 6.45) is -3.79. The van der Waals surface area contributed by atoms with E-state index in [0.29, 0.717) is 38.2 Å². The largest absolute Gasteiger partial charge is 0.444 e. The second-order valence-electron chi connectivity index (χ2n) is 10.4. The summed E-state index contributed by atoms with van der Waals surface area (Å²) in [4.78, 5) is 19.0. The summed E-state index contributed by atoms with van der Waals surface area (Å²) in [5.41, 5.74) is 3.37. The Bertz CT molecular complexity index is 1050. The monoisotopic (exact) mass is 482 g/mol. The lowest BCUT2D eigenvalue weighted by molar-refractivity contribution is -0.182. The van der Waals surface area contributed by atoms with E-state index in [4.69, 9.17) is 14.6 Å². The van der Waals surface area contributed by atoms with Gasteiger partial charge in [-0.2, -0.15) is 18.3 Å². The fourth-order valence-electron chi connectivity index (χ4n) is 4.85. The predicted octanol–water partition coefficient (Wildman–Crippen LogP) is 5.49.